The zero-order chi connectivity index (χ0) is 26.6. The number of fused-ring (bicyclic) bond motifs is 3. The molecular formula is C27H29NO9. The van der Waals surface area contributed by atoms with E-state index in [1.54, 1.807) is 19.1 Å². The van der Waals surface area contributed by atoms with E-state index in [0.29, 0.717) is 16.7 Å². The first-order chi connectivity index (χ1) is 17.6. The highest BCUT2D eigenvalue weighted by molar-refractivity contribution is 6.29. The van der Waals surface area contributed by atoms with Crippen LogP contribution in [0.15, 0.2) is 30.3 Å². The molecule has 0 amide bonds. The molecule has 0 bridgehead atoms. The van der Waals surface area contributed by atoms with Crippen molar-refractivity contribution in [2.24, 2.45) is 5.73 Å². The number of nitrogens with two attached hydrogens (primary N) is 1. The Kier molecular flexibility index (Phi) is 6.61. The Labute approximate surface area is 212 Å². The van der Waals surface area contributed by atoms with E-state index in [2.05, 4.69) is 0 Å². The van der Waals surface area contributed by atoms with Crippen LogP contribution in [-0.4, -0.2) is 74.5 Å². The molecule has 0 aromatic heterocycles. The standard InChI is InChI=1S/C27H29NO9/c1-12-24(32)19(28)7-22(36-12)37-20-9-27(35,21(31)11-30)8-14-5-17-18(6-16(14)20)26(34)23-13(10-29)3-2-4-15(23)25(17)33/h2-6,12,19-20,22,24,29-30,32,35H,7-11,28H2,1H3/t12?,19-,20+,22+,24-,27+/m1/s1. The van der Waals surface area contributed by atoms with Crippen molar-refractivity contribution in [3.05, 3.63) is 69.3 Å². The monoisotopic (exact) mass is 511 g/mol. The van der Waals surface area contributed by atoms with Gasteiger partial charge in [-0.2, -0.15) is 0 Å². The van der Waals surface area contributed by atoms with Gasteiger partial charge in [0.05, 0.1) is 24.9 Å². The number of ether oxygens (including phenoxy) is 2. The summed E-state index contributed by atoms with van der Waals surface area (Å²) in [6.45, 7) is 0.359. The summed E-state index contributed by atoms with van der Waals surface area (Å²) in [5, 5.41) is 40.6. The van der Waals surface area contributed by atoms with Gasteiger partial charge in [0, 0.05) is 47.6 Å². The number of carbonyl (C=O) groups excluding carboxylic acids is 3. The maximum Gasteiger partial charge on any atom is 0.194 e. The molecule has 196 valence electrons. The highest BCUT2D eigenvalue weighted by atomic mass is 16.7. The third-order valence-electron chi connectivity index (χ3n) is 7.64. The zero-order valence-electron chi connectivity index (χ0n) is 20.2. The third kappa shape index (κ3) is 4.24. The topological polar surface area (TPSA) is 177 Å². The van der Waals surface area contributed by atoms with Gasteiger partial charge in [0.2, 0.25) is 0 Å². The molecule has 1 heterocycles. The summed E-state index contributed by atoms with van der Waals surface area (Å²) >= 11 is 0. The number of ketones is 3. The molecule has 1 aliphatic heterocycles. The van der Waals surface area contributed by atoms with Gasteiger partial charge in [0.15, 0.2) is 23.6 Å². The molecule has 6 atom stereocenters. The first-order valence-corrected chi connectivity index (χ1v) is 12.2. The van der Waals surface area contributed by atoms with Gasteiger partial charge in [0.1, 0.15) is 12.2 Å². The zero-order valence-corrected chi connectivity index (χ0v) is 20.2. The highest BCUT2D eigenvalue weighted by Gasteiger charge is 2.46. The molecule has 0 saturated carbocycles. The lowest BCUT2D eigenvalue weighted by Crippen LogP contribution is -2.53. The Balaban J connectivity index is 1.59. The average Bonchev–Trinajstić information content (AvgIpc) is 2.88. The Morgan fingerprint density at radius 2 is 1.89 bits per heavy atom. The molecule has 2 aromatic carbocycles. The van der Waals surface area contributed by atoms with Crippen LogP contribution in [-0.2, 0) is 27.3 Å². The smallest absolute Gasteiger partial charge is 0.194 e. The number of hydrogen-bond donors (Lipinski definition) is 5. The fraction of sp³-hybridized carbons (Fsp3) is 0.444. The molecule has 1 unspecified atom stereocenters. The fourth-order valence-electron chi connectivity index (χ4n) is 5.60. The van der Waals surface area contributed by atoms with Crippen LogP contribution in [0.25, 0.3) is 0 Å². The van der Waals surface area contributed by atoms with Crippen LogP contribution in [0.5, 0.6) is 0 Å². The molecule has 37 heavy (non-hydrogen) atoms. The molecular weight excluding hydrogens is 482 g/mol. The van der Waals surface area contributed by atoms with Crippen molar-refractivity contribution in [1.29, 1.82) is 0 Å². The third-order valence-corrected chi connectivity index (χ3v) is 7.64. The van der Waals surface area contributed by atoms with E-state index in [4.69, 9.17) is 15.2 Å². The van der Waals surface area contributed by atoms with Gasteiger partial charge in [-0.15, -0.1) is 0 Å². The van der Waals surface area contributed by atoms with Crippen molar-refractivity contribution in [3.63, 3.8) is 0 Å². The van der Waals surface area contributed by atoms with Gasteiger partial charge in [-0.3, -0.25) is 14.4 Å². The van der Waals surface area contributed by atoms with Gasteiger partial charge in [0.25, 0.3) is 0 Å². The number of benzene rings is 2. The number of carbonyl (C=O) groups is 3. The number of aliphatic hydroxyl groups is 4. The van der Waals surface area contributed by atoms with Crippen molar-refractivity contribution in [2.45, 2.75) is 69.0 Å². The molecule has 0 radical (unpaired) electrons. The van der Waals surface area contributed by atoms with E-state index < -0.39 is 66.8 Å². The van der Waals surface area contributed by atoms with Crippen LogP contribution < -0.4 is 5.73 Å². The molecule has 1 saturated heterocycles. The minimum Gasteiger partial charge on any atom is -0.392 e. The molecule has 5 rings (SSSR count). The van der Waals surface area contributed by atoms with Crippen LogP contribution in [0.1, 0.15) is 74.4 Å². The number of Topliss-reactive ketones (excluding diaryl/α,β-unsaturated/α-hetero) is 1. The van der Waals surface area contributed by atoms with Crippen LogP contribution in [0.2, 0.25) is 0 Å². The first kappa shape index (κ1) is 25.8. The summed E-state index contributed by atoms with van der Waals surface area (Å²) in [4.78, 5) is 39.4. The Bertz CT molecular complexity index is 1280. The van der Waals surface area contributed by atoms with Gasteiger partial charge in [-0.1, -0.05) is 18.2 Å². The van der Waals surface area contributed by atoms with Crippen molar-refractivity contribution < 1.29 is 44.3 Å². The first-order valence-electron chi connectivity index (χ1n) is 12.2. The Morgan fingerprint density at radius 3 is 2.57 bits per heavy atom. The number of rotatable bonds is 5. The minimum atomic E-state index is -1.97. The summed E-state index contributed by atoms with van der Waals surface area (Å²) in [7, 11) is 0. The summed E-state index contributed by atoms with van der Waals surface area (Å²) in [6, 6.07) is 7.11. The van der Waals surface area contributed by atoms with Gasteiger partial charge in [-0.25, -0.2) is 0 Å². The fourth-order valence-corrected chi connectivity index (χ4v) is 5.60. The summed E-state index contributed by atoms with van der Waals surface area (Å²) in [6.07, 6.45) is -3.56. The molecule has 6 N–H and O–H groups in total. The molecule has 0 spiro atoms. The van der Waals surface area contributed by atoms with Crippen molar-refractivity contribution in [3.8, 4) is 0 Å². The predicted molar refractivity (Wildman–Crippen MR) is 128 cm³/mol. The second-order valence-electron chi connectivity index (χ2n) is 10.0. The number of aliphatic hydroxyl groups excluding tert-OH is 3. The van der Waals surface area contributed by atoms with E-state index in [1.807, 2.05) is 0 Å². The van der Waals surface area contributed by atoms with Crippen LogP contribution in [0.3, 0.4) is 0 Å². The van der Waals surface area contributed by atoms with E-state index >= 15 is 0 Å². The van der Waals surface area contributed by atoms with Gasteiger partial charge >= 0.3 is 0 Å². The maximum atomic E-state index is 13.5. The van der Waals surface area contributed by atoms with Crippen LogP contribution in [0, 0.1) is 0 Å². The Hall–Kier alpha value is -2.83. The summed E-state index contributed by atoms with van der Waals surface area (Å²) < 4.78 is 11.9. The van der Waals surface area contributed by atoms with E-state index in [-0.39, 0.29) is 41.5 Å². The molecule has 2 aromatic rings. The lowest BCUT2D eigenvalue weighted by atomic mass is 9.73. The molecule has 2 aliphatic carbocycles. The van der Waals surface area contributed by atoms with Crippen molar-refractivity contribution >= 4 is 17.3 Å². The molecule has 10 heteroatoms. The van der Waals surface area contributed by atoms with Crippen LogP contribution >= 0.6 is 0 Å². The average molecular weight is 512 g/mol. The lowest BCUT2D eigenvalue weighted by molar-refractivity contribution is -0.247. The predicted octanol–water partition coefficient (Wildman–Crippen LogP) is 0.0738. The van der Waals surface area contributed by atoms with Gasteiger partial charge in [-0.05, 0) is 35.7 Å². The SMILES string of the molecule is CC1O[C@@H](O[C@H]2C[C@](O)(C(=O)CO)Cc3cc4c(cc32)C(=O)c2c(CO)cccc2C4=O)C[C@@H](N)[C@@H]1O. The molecule has 10 nitrogen and oxygen atoms in total. The number of hydrogen-bond acceptors (Lipinski definition) is 10. The van der Waals surface area contributed by atoms with E-state index in [1.165, 1.54) is 18.2 Å². The second-order valence-corrected chi connectivity index (χ2v) is 10.0. The summed E-state index contributed by atoms with van der Waals surface area (Å²) in [5.74, 6) is -1.63. The van der Waals surface area contributed by atoms with E-state index in [9.17, 15) is 34.8 Å². The van der Waals surface area contributed by atoms with E-state index in [0.717, 1.165) is 0 Å². The van der Waals surface area contributed by atoms with Crippen molar-refractivity contribution in [1.82, 2.24) is 0 Å². The quantitative estimate of drug-likeness (QED) is 0.315. The maximum absolute atomic E-state index is 13.5. The highest BCUT2D eigenvalue weighted by Crippen LogP contribution is 2.43. The largest absolute Gasteiger partial charge is 0.392 e. The van der Waals surface area contributed by atoms with Crippen molar-refractivity contribution in [2.75, 3.05) is 6.61 Å². The minimum absolute atomic E-state index is 0.124. The summed E-state index contributed by atoms with van der Waals surface area (Å²) in [5.41, 5.74) is 5.90. The molecule has 1 fully saturated rings. The van der Waals surface area contributed by atoms with Gasteiger partial charge < -0.3 is 35.6 Å². The molecule has 3 aliphatic rings. The Morgan fingerprint density at radius 1 is 1.16 bits per heavy atom. The normalized spacial score (nSPS) is 30.9. The lowest BCUT2D eigenvalue weighted by Gasteiger charge is -2.41. The second kappa shape index (κ2) is 9.48. The van der Waals surface area contributed by atoms with Crippen LogP contribution in [0.4, 0.5) is 0 Å².